The van der Waals surface area contributed by atoms with Gasteiger partial charge < -0.3 is 10.6 Å². The lowest BCUT2D eigenvalue weighted by Crippen LogP contribution is -2.26. The number of likely N-dealkylation sites (N-methyl/N-ethyl adjacent to an activating group) is 1. The fraction of sp³-hybridized carbons (Fsp3) is 0.250. The molecule has 1 amide bonds. The molecule has 0 aliphatic rings. The van der Waals surface area contributed by atoms with Crippen LogP contribution in [0.5, 0.6) is 0 Å². The molecule has 0 saturated carbocycles. The SMILES string of the molecule is CNC(=O)CNc1ncccc1Cl. The Balaban J connectivity index is 2.54. The Labute approximate surface area is 81.3 Å². The lowest BCUT2D eigenvalue weighted by atomic mass is 10.4. The van der Waals surface area contributed by atoms with Crippen LogP contribution in [0.1, 0.15) is 0 Å². The lowest BCUT2D eigenvalue weighted by molar-refractivity contribution is -0.118. The summed E-state index contributed by atoms with van der Waals surface area (Å²) >= 11 is 5.79. The van der Waals surface area contributed by atoms with Crippen LogP contribution in [-0.2, 0) is 4.79 Å². The van der Waals surface area contributed by atoms with Crippen molar-refractivity contribution in [2.75, 3.05) is 18.9 Å². The summed E-state index contributed by atoms with van der Waals surface area (Å²) in [6.45, 7) is 0.174. The summed E-state index contributed by atoms with van der Waals surface area (Å²) in [6, 6.07) is 3.44. The van der Waals surface area contributed by atoms with Crippen molar-refractivity contribution in [2.24, 2.45) is 0 Å². The Kier molecular flexibility index (Phi) is 3.52. The fourth-order valence-electron chi connectivity index (χ4n) is 0.768. The van der Waals surface area contributed by atoms with Gasteiger partial charge in [0.05, 0.1) is 11.6 Å². The third-order valence-electron chi connectivity index (χ3n) is 1.45. The second kappa shape index (κ2) is 4.67. The summed E-state index contributed by atoms with van der Waals surface area (Å²) in [5.41, 5.74) is 0. The topological polar surface area (TPSA) is 54.0 Å². The Morgan fingerprint density at radius 2 is 2.46 bits per heavy atom. The van der Waals surface area contributed by atoms with Crippen LogP contribution in [-0.4, -0.2) is 24.5 Å². The molecule has 0 aliphatic carbocycles. The Morgan fingerprint density at radius 3 is 3.08 bits per heavy atom. The van der Waals surface area contributed by atoms with E-state index < -0.39 is 0 Å². The van der Waals surface area contributed by atoms with Crippen LogP contribution in [0.25, 0.3) is 0 Å². The molecule has 70 valence electrons. The number of carbonyl (C=O) groups excluding carboxylic acids is 1. The summed E-state index contributed by atoms with van der Waals surface area (Å²) < 4.78 is 0. The van der Waals surface area contributed by atoms with E-state index in [1.165, 1.54) is 0 Å². The van der Waals surface area contributed by atoms with E-state index in [2.05, 4.69) is 15.6 Å². The number of amides is 1. The molecule has 5 heteroatoms. The van der Waals surface area contributed by atoms with Gasteiger partial charge in [0.2, 0.25) is 5.91 Å². The Bertz CT molecular complexity index is 303. The van der Waals surface area contributed by atoms with E-state index in [0.717, 1.165) is 0 Å². The number of nitrogens with one attached hydrogen (secondary N) is 2. The van der Waals surface area contributed by atoms with Gasteiger partial charge >= 0.3 is 0 Å². The summed E-state index contributed by atoms with van der Waals surface area (Å²) in [5.74, 6) is 0.412. The number of nitrogens with zero attached hydrogens (tertiary/aromatic N) is 1. The average Bonchev–Trinajstić information content (AvgIpc) is 2.16. The third kappa shape index (κ3) is 2.91. The maximum absolute atomic E-state index is 10.9. The van der Waals surface area contributed by atoms with Crippen molar-refractivity contribution in [2.45, 2.75) is 0 Å². The van der Waals surface area contributed by atoms with E-state index in [4.69, 9.17) is 11.6 Å². The molecule has 0 spiro atoms. The number of halogens is 1. The van der Waals surface area contributed by atoms with Gasteiger partial charge in [-0.15, -0.1) is 0 Å². The molecule has 0 bridgehead atoms. The smallest absolute Gasteiger partial charge is 0.239 e. The van der Waals surface area contributed by atoms with E-state index >= 15 is 0 Å². The fourth-order valence-corrected chi connectivity index (χ4v) is 0.957. The number of aromatic nitrogens is 1. The van der Waals surface area contributed by atoms with Gasteiger partial charge in [0.25, 0.3) is 0 Å². The standard InChI is InChI=1S/C8H10ClN3O/c1-10-7(13)5-12-8-6(9)3-2-4-11-8/h2-4H,5H2,1H3,(H,10,13)(H,11,12). The minimum atomic E-state index is -0.110. The highest BCUT2D eigenvalue weighted by atomic mass is 35.5. The second-order valence-corrected chi connectivity index (χ2v) is 2.77. The van der Waals surface area contributed by atoms with Crippen LogP contribution in [0.15, 0.2) is 18.3 Å². The van der Waals surface area contributed by atoms with Crippen molar-refractivity contribution in [3.8, 4) is 0 Å². The molecule has 0 unspecified atom stereocenters. The highest BCUT2D eigenvalue weighted by molar-refractivity contribution is 6.32. The average molecular weight is 200 g/mol. The quantitative estimate of drug-likeness (QED) is 0.761. The molecule has 0 aliphatic heterocycles. The predicted molar refractivity (Wildman–Crippen MR) is 51.8 cm³/mol. The van der Waals surface area contributed by atoms with Gasteiger partial charge in [0.1, 0.15) is 5.82 Å². The normalized spacial score (nSPS) is 9.38. The summed E-state index contributed by atoms with van der Waals surface area (Å²) in [7, 11) is 1.57. The monoisotopic (exact) mass is 199 g/mol. The highest BCUT2D eigenvalue weighted by Gasteiger charge is 2.01. The Morgan fingerprint density at radius 1 is 1.69 bits per heavy atom. The largest absolute Gasteiger partial charge is 0.360 e. The molecule has 0 atom stereocenters. The Hall–Kier alpha value is -1.29. The zero-order valence-corrected chi connectivity index (χ0v) is 7.93. The van der Waals surface area contributed by atoms with Crippen LogP contribution in [0.3, 0.4) is 0 Å². The molecule has 0 radical (unpaired) electrons. The molecule has 1 rings (SSSR count). The molecule has 4 nitrogen and oxygen atoms in total. The first kappa shape index (κ1) is 9.80. The van der Waals surface area contributed by atoms with E-state index in [-0.39, 0.29) is 12.5 Å². The summed E-state index contributed by atoms with van der Waals surface area (Å²) in [5, 5.41) is 5.80. The number of hydrogen-bond donors (Lipinski definition) is 2. The summed E-state index contributed by atoms with van der Waals surface area (Å²) in [4.78, 5) is 14.8. The number of hydrogen-bond acceptors (Lipinski definition) is 3. The molecular formula is C8H10ClN3O. The van der Waals surface area contributed by atoms with E-state index in [1.807, 2.05) is 0 Å². The molecule has 1 heterocycles. The third-order valence-corrected chi connectivity index (χ3v) is 1.76. The highest BCUT2D eigenvalue weighted by Crippen LogP contribution is 2.16. The van der Waals surface area contributed by atoms with Gasteiger partial charge in [-0.25, -0.2) is 4.98 Å². The van der Waals surface area contributed by atoms with Crippen molar-refractivity contribution < 1.29 is 4.79 Å². The molecule has 1 aromatic heterocycles. The van der Waals surface area contributed by atoms with Gasteiger partial charge in [-0.05, 0) is 12.1 Å². The van der Waals surface area contributed by atoms with Crippen LogP contribution in [0.4, 0.5) is 5.82 Å². The van der Waals surface area contributed by atoms with Gasteiger partial charge in [-0.3, -0.25) is 4.79 Å². The maximum Gasteiger partial charge on any atom is 0.239 e. The van der Waals surface area contributed by atoms with E-state index in [9.17, 15) is 4.79 Å². The van der Waals surface area contributed by atoms with Gasteiger partial charge in [-0.1, -0.05) is 11.6 Å². The minimum Gasteiger partial charge on any atom is -0.360 e. The van der Waals surface area contributed by atoms with Crippen LogP contribution >= 0.6 is 11.6 Å². The molecule has 0 aromatic carbocycles. The zero-order chi connectivity index (χ0) is 9.68. The van der Waals surface area contributed by atoms with E-state index in [0.29, 0.717) is 10.8 Å². The van der Waals surface area contributed by atoms with Crippen LogP contribution in [0, 0.1) is 0 Å². The minimum absolute atomic E-state index is 0.110. The number of pyridine rings is 1. The van der Waals surface area contributed by atoms with Crippen molar-refractivity contribution in [3.63, 3.8) is 0 Å². The van der Waals surface area contributed by atoms with Gasteiger partial charge in [-0.2, -0.15) is 0 Å². The number of carbonyl (C=O) groups is 1. The first-order valence-electron chi connectivity index (χ1n) is 3.79. The summed E-state index contributed by atoms with van der Waals surface area (Å²) in [6.07, 6.45) is 1.61. The number of anilines is 1. The predicted octanol–water partition coefficient (Wildman–Crippen LogP) is 0.893. The van der Waals surface area contributed by atoms with Crippen molar-refractivity contribution >= 4 is 23.3 Å². The molecule has 2 N–H and O–H groups in total. The van der Waals surface area contributed by atoms with Crippen molar-refractivity contribution in [3.05, 3.63) is 23.4 Å². The number of rotatable bonds is 3. The molecular weight excluding hydrogens is 190 g/mol. The second-order valence-electron chi connectivity index (χ2n) is 2.36. The van der Waals surface area contributed by atoms with Gasteiger partial charge in [0.15, 0.2) is 0 Å². The van der Waals surface area contributed by atoms with Crippen molar-refractivity contribution in [1.82, 2.24) is 10.3 Å². The maximum atomic E-state index is 10.9. The molecule has 0 fully saturated rings. The van der Waals surface area contributed by atoms with E-state index in [1.54, 1.807) is 25.4 Å². The lowest BCUT2D eigenvalue weighted by Gasteiger charge is -2.04. The first-order chi connectivity index (χ1) is 6.24. The van der Waals surface area contributed by atoms with Crippen LogP contribution < -0.4 is 10.6 Å². The molecule has 0 saturated heterocycles. The van der Waals surface area contributed by atoms with Crippen molar-refractivity contribution in [1.29, 1.82) is 0 Å². The zero-order valence-electron chi connectivity index (χ0n) is 7.17. The first-order valence-corrected chi connectivity index (χ1v) is 4.17. The molecule has 13 heavy (non-hydrogen) atoms. The molecule has 1 aromatic rings. The van der Waals surface area contributed by atoms with Crippen LogP contribution in [0.2, 0.25) is 5.02 Å². The van der Waals surface area contributed by atoms with Gasteiger partial charge in [0, 0.05) is 13.2 Å².